The third kappa shape index (κ3) is 2.74. The zero-order valence-electron chi connectivity index (χ0n) is 11.6. The summed E-state index contributed by atoms with van der Waals surface area (Å²) in [6.07, 6.45) is 0. The van der Waals surface area contributed by atoms with E-state index in [0.29, 0.717) is 11.1 Å². The van der Waals surface area contributed by atoms with E-state index in [1.54, 1.807) is 0 Å². The Kier molecular flexibility index (Phi) is 4.10. The molecule has 0 spiro atoms. The lowest BCUT2D eigenvalue weighted by molar-refractivity contribution is 0.604. The van der Waals surface area contributed by atoms with Crippen LogP contribution in [0.4, 0.5) is 4.39 Å². The summed E-state index contributed by atoms with van der Waals surface area (Å²) in [6, 6.07) is 11.3. The highest BCUT2D eigenvalue weighted by molar-refractivity contribution is 9.10. The van der Waals surface area contributed by atoms with Gasteiger partial charge in [0, 0.05) is 4.47 Å². The first-order valence-corrected chi connectivity index (χ1v) is 7.19. The monoisotopic (exact) mass is 319 g/mol. The van der Waals surface area contributed by atoms with Crippen LogP contribution in [0.3, 0.4) is 0 Å². The maximum atomic E-state index is 14.4. The minimum absolute atomic E-state index is 0.113. The Labute approximate surface area is 122 Å². The molecule has 2 rings (SSSR count). The van der Waals surface area contributed by atoms with Gasteiger partial charge in [-0.1, -0.05) is 41.9 Å². The first-order chi connectivity index (χ1) is 8.91. The molecule has 0 aromatic heterocycles. The molecule has 0 fully saturated rings. The molecular weight excluding hydrogens is 303 g/mol. The normalized spacial score (nSPS) is 11.1. The van der Waals surface area contributed by atoms with E-state index < -0.39 is 0 Å². The average molecular weight is 320 g/mol. The molecule has 0 heterocycles. The molecule has 0 saturated heterocycles. The molecule has 0 aliphatic carbocycles. The van der Waals surface area contributed by atoms with Gasteiger partial charge in [0.15, 0.2) is 0 Å². The van der Waals surface area contributed by atoms with Crippen molar-refractivity contribution in [2.75, 3.05) is 0 Å². The molecule has 0 aliphatic rings. The van der Waals surface area contributed by atoms with Gasteiger partial charge >= 0.3 is 0 Å². The molecule has 19 heavy (non-hydrogen) atoms. The predicted molar refractivity (Wildman–Crippen MR) is 81.9 cm³/mol. The molecule has 99 valence electrons. The van der Waals surface area contributed by atoms with E-state index in [-0.39, 0.29) is 11.7 Å². The fourth-order valence-corrected chi connectivity index (χ4v) is 2.74. The quantitative estimate of drug-likeness (QED) is 0.656. The maximum Gasteiger partial charge on any atom is 0.129 e. The molecule has 2 heteroatoms. The van der Waals surface area contributed by atoms with Crippen molar-refractivity contribution in [1.29, 1.82) is 0 Å². The summed E-state index contributed by atoms with van der Waals surface area (Å²) in [6.45, 7) is 7.79. The molecular formula is C17H17BrF. The lowest BCUT2D eigenvalue weighted by Crippen LogP contribution is -2.01. The number of halogens is 2. The Hall–Kier alpha value is -1.15. The molecule has 1 radical (unpaired) electrons. The summed E-state index contributed by atoms with van der Waals surface area (Å²) in [5, 5.41) is 0. The Morgan fingerprint density at radius 3 is 2.42 bits per heavy atom. The second-order valence-electron chi connectivity index (χ2n) is 5.14. The van der Waals surface area contributed by atoms with Crippen molar-refractivity contribution in [3.05, 3.63) is 57.3 Å². The molecule has 2 aromatic carbocycles. The van der Waals surface area contributed by atoms with E-state index in [1.807, 2.05) is 38.1 Å². The van der Waals surface area contributed by atoms with Crippen LogP contribution in [0.1, 0.15) is 36.5 Å². The zero-order valence-corrected chi connectivity index (χ0v) is 13.2. The highest BCUT2D eigenvalue weighted by Gasteiger charge is 2.16. The van der Waals surface area contributed by atoms with Gasteiger partial charge in [-0.15, -0.1) is 0 Å². The van der Waals surface area contributed by atoms with Crippen LogP contribution in [-0.2, 0) is 0 Å². The van der Waals surface area contributed by atoms with Crippen molar-refractivity contribution in [3.8, 4) is 11.1 Å². The number of benzene rings is 2. The van der Waals surface area contributed by atoms with Crippen molar-refractivity contribution >= 4 is 15.9 Å². The third-order valence-electron chi connectivity index (χ3n) is 3.39. The van der Waals surface area contributed by atoms with Gasteiger partial charge in [0.1, 0.15) is 5.82 Å². The molecule has 0 aliphatic heterocycles. The van der Waals surface area contributed by atoms with Crippen molar-refractivity contribution in [3.63, 3.8) is 0 Å². The van der Waals surface area contributed by atoms with Crippen LogP contribution in [0.15, 0.2) is 28.7 Å². The molecule has 0 N–H and O–H groups in total. The molecule has 0 bridgehead atoms. The SMILES string of the molecule is Cc1c(-c2cccc(Br)c2)[c]c(C(C)C)c(C)c1F. The second kappa shape index (κ2) is 5.46. The summed E-state index contributed by atoms with van der Waals surface area (Å²) in [5.41, 5.74) is 4.19. The van der Waals surface area contributed by atoms with Crippen LogP contribution in [0.2, 0.25) is 0 Å². The van der Waals surface area contributed by atoms with E-state index in [9.17, 15) is 4.39 Å². The first kappa shape index (κ1) is 14.3. The van der Waals surface area contributed by atoms with E-state index in [4.69, 9.17) is 0 Å². The zero-order chi connectivity index (χ0) is 14.2. The molecule has 0 atom stereocenters. The fraction of sp³-hybridized carbons (Fsp3) is 0.294. The van der Waals surface area contributed by atoms with Crippen molar-refractivity contribution in [2.45, 2.75) is 33.6 Å². The minimum Gasteiger partial charge on any atom is -0.206 e. The van der Waals surface area contributed by atoms with Gasteiger partial charge in [-0.3, -0.25) is 0 Å². The van der Waals surface area contributed by atoms with Gasteiger partial charge < -0.3 is 0 Å². The average Bonchev–Trinajstić information content (AvgIpc) is 2.36. The summed E-state index contributed by atoms with van der Waals surface area (Å²) in [4.78, 5) is 0. The van der Waals surface area contributed by atoms with Crippen molar-refractivity contribution in [2.24, 2.45) is 0 Å². The van der Waals surface area contributed by atoms with Crippen LogP contribution < -0.4 is 0 Å². The second-order valence-corrected chi connectivity index (χ2v) is 6.06. The van der Waals surface area contributed by atoms with Gasteiger partial charge in [-0.05, 0) is 65.8 Å². The maximum absolute atomic E-state index is 14.4. The summed E-state index contributed by atoms with van der Waals surface area (Å²) >= 11 is 3.46. The topological polar surface area (TPSA) is 0 Å². The fourth-order valence-electron chi connectivity index (χ4n) is 2.34. The lowest BCUT2D eigenvalue weighted by Gasteiger charge is -2.16. The first-order valence-electron chi connectivity index (χ1n) is 6.39. The molecule has 0 nitrogen and oxygen atoms in total. The van der Waals surface area contributed by atoms with E-state index in [0.717, 1.165) is 21.2 Å². The Bertz CT molecular complexity index is 615. The van der Waals surface area contributed by atoms with Gasteiger partial charge in [0.2, 0.25) is 0 Å². The van der Waals surface area contributed by atoms with Gasteiger partial charge in [0.25, 0.3) is 0 Å². The summed E-state index contributed by atoms with van der Waals surface area (Å²) in [7, 11) is 0. The highest BCUT2D eigenvalue weighted by Crippen LogP contribution is 2.32. The Morgan fingerprint density at radius 2 is 1.84 bits per heavy atom. The lowest BCUT2D eigenvalue weighted by atomic mass is 9.90. The van der Waals surface area contributed by atoms with Crippen LogP contribution >= 0.6 is 15.9 Å². The van der Waals surface area contributed by atoms with Gasteiger partial charge in [-0.2, -0.15) is 0 Å². The largest absolute Gasteiger partial charge is 0.206 e. The molecule has 0 unspecified atom stereocenters. The summed E-state index contributed by atoms with van der Waals surface area (Å²) < 4.78 is 15.4. The van der Waals surface area contributed by atoms with Crippen LogP contribution in [0.5, 0.6) is 0 Å². The summed E-state index contributed by atoms with van der Waals surface area (Å²) in [5.74, 6) is 0.151. The van der Waals surface area contributed by atoms with Crippen LogP contribution in [0, 0.1) is 25.7 Å². The molecule has 0 saturated carbocycles. The third-order valence-corrected chi connectivity index (χ3v) is 3.88. The standard InChI is InChI=1S/C17H17BrF/c1-10(2)15-9-16(12(4)17(19)11(15)3)13-6-5-7-14(18)8-13/h5-8,10H,1-4H3. The molecule has 0 amide bonds. The van der Waals surface area contributed by atoms with Crippen molar-refractivity contribution < 1.29 is 4.39 Å². The number of hydrogen-bond donors (Lipinski definition) is 0. The minimum atomic E-state index is -0.113. The highest BCUT2D eigenvalue weighted by atomic mass is 79.9. The van der Waals surface area contributed by atoms with E-state index in [1.165, 1.54) is 0 Å². The smallest absolute Gasteiger partial charge is 0.129 e. The predicted octanol–water partition coefficient (Wildman–Crippen LogP) is 5.80. The number of rotatable bonds is 2. The van der Waals surface area contributed by atoms with E-state index in [2.05, 4.69) is 35.8 Å². The Morgan fingerprint density at radius 1 is 1.16 bits per heavy atom. The Balaban J connectivity index is 2.70. The van der Waals surface area contributed by atoms with Crippen LogP contribution in [-0.4, -0.2) is 0 Å². The van der Waals surface area contributed by atoms with Gasteiger partial charge in [-0.25, -0.2) is 4.39 Å². The van der Waals surface area contributed by atoms with E-state index >= 15 is 0 Å². The van der Waals surface area contributed by atoms with Crippen molar-refractivity contribution in [1.82, 2.24) is 0 Å². The molecule has 2 aromatic rings. The number of hydrogen-bond acceptors (Lipinski definition) is 0. The van der Waals surface area contributed by atoms with Gasteiger partial charge in [0.05, 0.1) is 0 Å². The van der Waals surface area contributed by atoms with Crippen LogP contribution in [0.25, 0.3) is 11.1 Å².